The van der Waals surface area contributed by atoms with Crippen LogP contribution in [0.5, 0.6) is 0 Å². The maximum absolute atomic E-state index is 6.39. The van der Waals surface area contributed by atoms with Crippen molar-refractivity contribution < 1.29 is 4.42 Å². The molecular formula is C43H27N3O. The van der Waals surface area contributed by atoms with E-state index in [0.717, 1.165) is 77.4 Å². The van der Waals surface area contributed by atoms with E-state index >= 15 is 0 Å². The zero-order valence-electron chi connectivity index (χ0n) is 25.3. The highest BCUT2D eigenvalue weighted by molar-refractivity contribution is 6.08. The summed E-state index contributed by atoms with van der Waals surface area (Å²) in [5.74, 6) is 1.32. The van der Waals surface area contributed by atoms with Crippen molar-refractivity contribution in [3.63, 3.8) is 0 Å². The summed E-state index contributed by atoms with van der Waals surface area (Å²) in [5.41, 5.74) is 9.73. The Balaban J connectivity index is 1.21. The van der Waals surface area contributed by atoms with Gasteiger partial charge in [-0.3, -0.25) is 0 Å². The molecule has 0 radical (unpaired) electrons. The van der Waals surface area contributed by atoms with Crippen molar-refractivity contribution >= 4 is 32.6 Å². The fourth-order valence-corrected chi connectivity index (χ4v) is 6.40. The summed E-state index contributed by atoms with van der Waals surface area (Å²) in [6.45, 7) is 0. The van der Waals surface area contributed by atoms with Crippen LogP contribution in [-0.4, -0.2) is 15.0 Å². The van der Waals surface area contributed by atoms with Crippen LogP contribution in [0.1, 0.15) is 0 Å². The fraction of sp³-hybridized carbons (Fsp3) is 0. The van der Waals surface area contributed by atoms with E-state index < -0.39 is 0 Å². The Morgan fingerprint density at radius 2 is 0.936 bits per heavy atom. The predicted molar refractivity (Wildman–Crippen MR) is 192 cm³/mol. The average molecular weight is 602 g/mol. The molecule has 0 spiro atoms. The van der Waals surface area contributed by atoms with Crippen molar-refractivity contribution in [3.05, 3.63) is 164 Å². The largest absolute Gasteiger partial charge is 0.435 e. The van der Waals surface area contributed by atoms with Crippen molar-refractivity contribution in [3.8, 4) is 56.5 Å². The Kier molecular flexibility index (Phi) is 6.43. The molecule has 9 rings (SSSR count). The van der Waals surface area contributed by atoms with Crippen LogP contribution in [0.4, 0.5) is 0 Å². The van der Waals surface area contributed by atoms with E-state index in [9.17, 15) is 0 Å². The average Bonchev–Trinajstić information content (AvgIpc) is 3.60. The lowest BCUT2D eigenvalue weighted by molar-refractivity contribution is 0.623. The van der Waals surface area contributed by atoms with Crippen molar-refractivity contribution in [2.75, 3.05) is 0 Å². The van der Waals surface area contributed by atoms with Gasteiger partial charge in [0.05, 0.1) is 11.4 Å². The number of oxazole rings is 1. The maximum Gasteiger partial charge on any atom is 0.227 e. The lowest BCUT2D eigenvalue weighted by atomic mass is 9.93. The first-order chi connectivity index (χ1) is 23.3. The highest BCUT2D eigenvalue weighted by Crippen LogP contribution is 2.38. The summed E-state index contributed by atoms with van der Waals surface area (Å²) >= 11 is 0. The van der Waals surface area contributed by atoms with Crippen LogP contribution in [0.25, 0.3) is 89.1 Å². The SMILES string of the molecule is c1ccc(-c2cc(-c3ccccc3)nc(-c3ccc(-c4ccc5ccc6nc(-c7ccccc7)oc6c5c4)c4ccccc34)n2)cc1. The molecule has 2 aromatic heterocycles. The highest BCUT2D eigenvalue weighted by atomic mass is 16.3. The summed E-state index contributed by atoms with van der Waals surface area (Å²) in [7, 11) is 0. The molecular weight excluding hydrogens is 574 g/mol. The van der Waals surface area contributed by atoms with E-state index in [-0.39, 0.29) is 0 Å². The molecule has 0 atom stereocenters. The van der Waals surface area contributed by atoms with E-state index in [1.54, 1.807) is 0 Å². The molecule has 0 N–H and O–H groups in total. The molecule has 220 valence electrons. The fourth-order valence-electron chi connectivity index (χ4n) is 6.40. The predicted octanol–water partition coefficient (Wildman–Crippen LogP) is 11.3. The molecule has 0 aliphatic carbocycles. The molecule has 0 fully saturated rings. The van der Waals surface area contributed by atoms with Crippen LogP contribution in [0.2, 0.25) is 0 Å². The molecule has 0 unspecified atom stereocenters. The Labute approximate surface area is 271 Å². The summed E-state index contributed by atoms with van der Waals surface area (Å²) in [6.07, 6.45) is 0. The van der Waals surface area contributed by atoms with E-state index in [4.69, 9.17) is 19.4 Å². The highest BCUT2D eigenvalue weighted by Gasteiger charge is 2.16. The topological polar surface area (TPSA) is 51.8 Å². The second-order valence-electron chi connectivity index (χ2n) is 11.6. The molecule has 47 heavy (non-hydrogen) atoms. The monoisotopic (exact) mass is 601 g/mol. The Morgan fingerprint density at radius 1 is 0.383 bits per heavy atom. The van der Waals surface area contributed by atoms with Gasteiger partial charge in [0, 0.05) is 27.6 Å². The number of nitrogens with zero attached hydrogens (tertiary/aromatic N) is 3. The molecule has 4 heteroatoms. The number of aromatic nitrogens is 3. The van der Waals surface area contributed by atoms with Gasteiger partial charge in [0.1, 0.15) is 5.52 Å². The molecule has 7 aromatic carbocycles. The van der Waals surface area contributed by atoms with Gasteiger partial charge in [-0.25, -0.2) is 15.0 Å². The summed E-state index contributed by atoms with van der Waals surface area (Å²) < 4.78 is 6.39. The normalized spacial score (nSPS) is 11.4. The summed E-state index contributed by atoms with van der Waals surface area (Å²) in [5, 5.41) is 4.37. The van der Waals surface area contributed by atoms with E-state index in [0.29, 0.717) is 11.7 Å². The van der Waals surface area contributed by atoms with Gasteiger partial charge >= 0.3 is 0 Å². The molecule has 0 aliphatic rings. The third-order valence-corrected chi connectivity index (χ3v) is 8.73. The van der Waals surface area contributed by atoms with Gasteiger partial charge < -0.3 is 4.42 Å². The van der Waals surface area contributed by atoms with E-state index in [2.05, 4.69) is 91.0 Å². The smallest absolute Gasteiger partial charge is 0.227 e. The van der Waals surface area contributed by atoms with Gasteiger partial charge in [0.2, 0.25) is 5.89 Å². The van der Waals surface area contributed by atoms with E-state index in [1.807, 2.05) is 72.8 Å². The lowest BCUT2D eigenvalue weighted by Gasteiger charge is -2.14. The van der Waals surface area contributed by atoms with Crippen LogP contribution < -0.4 is 0 Å². The molecule has 0 bridgehead atoms. The second-order valence-corrected chi connectivity index (χ2v) is 11.6. The first kappa shape index (κ1) is 27.0. The van der Waals surface area contributed by atoms with Gasteiger partial charge in [-0.05, 0) is 63.7 Å². The van der Waals surface area contributed by atoms with Crippen molar-refractivity contribution in [2.45, 2.75) is 0 Å². The van der Waals surface area contributed by atoms with Crippen LogP contribution in [0, 0.1) is 0 Å². The number of hydrogen-bond acceptors (Lipinski definition) is 4. The molecule has 2 heterocycles. The number of fused-ring (bicyclic) bond motifs is 4. The van der Waals surface area contributed by atoms with Crippen molar-refractivity contribution in [1.82, 2.24) is 15.0 Å². The van der Waals surface area contributed by atoms with Gasteiger partial charge in [-0.15, -0.1) is 0 Å². The van der Waals surface area contributed by atoms with Gasteiger partial charge in [0.25, 0.3) is 0 Å². The first-order valence-corrected chi connectivity index (χ1v) is 15.7. The number of hydrogen-bond donors (Lipinski definition) is 0. The Hall–Kier alpha value is -6.39. The van der Waals surface area contributed by atoms with Gasteiger partial charge in [0.15, 0.2) is 11.4 Å². The summed E-state index contributed by atoms with van der Waals surface area (Å²) in [6, 6.07) is 56.3. The zero-order valence-corrected chi connectivity index (χ0v) is 25.3. The second kappa shape index (κ2) is 11.2. The van der Waals surface area contributed by atoms with Gasteiger partial charge in [-0.1, -0.05) is 127 Å². The minimum Gasteiger partial charge on any atom is -0.435 e. The van der Waals surface area contributed by atoms with Gasteiger partial charge in [-0.2, -0.15) is 0 Å². The lowest BCUT2D eigenvalue weighted by Crippen LogP contribution is -1.97. The maximum atomic E-state index is 6.39. The Morgan fingerprint density at radius 3 is 1.60 bits per heavy atom. The van der Waals surface area contributed by atoms with E-state index in [1.165, 1.54) is 0 Å². The van der Waals surface area contributed by atoms with Crippen molar-refractivity contribution in [2.24, 2.45) is 0 Å². The molecule has 0 amide bonds. The van der Waals surface area contributed by atoms with Crippen LogP contribution in [0.15, 0.2) is 168 Å². The third kappa shape index (κ3) is 4.84. The van der Waals surface area contributed by atoms with Crippen LogP contribution in [0.3, 0.4) is 0 Å². The molecule has 0 saturated carbocycles. The summed E-state index contributed by atoms with van der Waals surface area (Å²) in [4.78, 5) is 15.1. The number of benzene rings is 7. The molecule has 4 nitrogen and oxygen atoms in total. The van der Waals surface area contributed by atoms with Crippen LogP contribution >= 0.6 is 0 Å². The molecule has 9 aromatic rings. The van der Waals surface area contributed by atoms with Crippen LogP contribution in [-0.2, 0) is 0 Å². The number of rotatable bonds is 5. The first-order valence-electron chi connectivity index (χ1n) is 15.7. The Bertz CT molecular complexity index is 2500. The molecule has 0 aliphatic heterocycles. The minimum absolute atomic E-state index is 0.626. The van der Waals surface area contributed by atoms with Crippen molar-refractivity contribution in [1.29, 1.82) is 0 Å². The third-order valence-electron chi connectivity index (χ3n) is 8.73. The zero-order chi connectivity index (χ0) is 31.2. The minimum atomic E-state index is 0.626. The standard InChI is InChI=1S/C43H27N3O/c1-4-12-29(13-5-1)39-27-40(30-14-6-2-7-15-30)45-42(44-39)36-24-23-33(34-18-10-11-19-35(34)36)32-21-20-28-22-25-38-41(37(28)26-32)47-43(46-38)31-16-8-3-9-17-31/h1-27H. The quantitative estimate of drug-likeness (QED) is 0.197. The molecule has 0 saturated heterocycles.